The molecule has 0 saturated carbocycles. The molecule has 3 heterocycles. The zero-order valence-corrected chi connectivity index (χ0v) is 20.5. The maximum atomic E-state index is 10.8. The summed E-state index contributed by atoms with van der Waals surface area (Å²) in [4.78, 5) is 6.81. The number of azide groups is 1. The van der Waals surface area contributed by atoms with Crippen molar-refractivity contribution >= 4 is 5.90 Å². The van der Waals surface area contributed by atoms with Gasteiger partial charge in [0.15, 0.2) is 12.2 Å². The van der Waals surface area contributed by atoms with E-state index in [0.29, 0.717) is 32.1 Å². The van der Waals surface area contributed by atoms with Gasteiger partial charge in [-0.25, -0.2) is 4.99 Å². The largest absolute Gasteiger partial charge is 0.450 e. The Labute approximate surface area is 213 Å². The molecule has 2 fully saturated rings. The summed E-state index contributed by atoms with van der Waals surface area (Å²) < 4.78 is 38.8. The van der Waals surface area contributed by atoms with Crippen molar-refractivity contribution in [2.24, 2.45) is 10.1 Å². The number of nitrogens with zero attached hydrogens (tertiary/aromatic N) is 4. The lowest BCUT2D eigenvalue weighted by atomic mass is 9.96. The Morgan fingerprint density at radius 2 is 1.65 bits per heavy atom. The fourth-order valence-electron chi connectivity index (χ4n) is 4.24. The minimum Gasteiger partial charge on any atom is -0.450 e. The second-order valence-corrected chi connectivity index (χ2v) is 8.65. The highest BCUT2D eigenvalue weighted by Gasteiger charge is 2.53. The van der Waals surface area contributed by atoms with Crippen LogP contribution in [0.5, 0.6) is 0 Å². The lowest BCUT2D eigenvalue weighted by Crippen LogP contribution is -2.64. The first kappa shape index (κ1) is 29.9. The topological polar surface area (TPSA) is 227 Å². The van der Waals surface area contributed by atoms with Crippen molar-refractivity contribution in [2.75, 3.05) is 52.8 Å². The molecule has 0 bridgehead atoms. The Hall–Kier alpha value is -1.66. The molecule has 0 radical (unpaired) electrons. The lowest BCUT2D eigenvalue weighted by Gasteiger charge is -2.45. The van der Waals surface area contributed by atoms with E-state index in [0.717, 1.165) is 0 Å². The second kappa shape index (κ2) is 15.1. The molecule has 3 aliphatic heterocycles. The van der Waals surface area contributed by atoms with E-state index in [4.69, 9.17) is 38.7 Å². The first-order valence-corrected chi connectivity index (χ1v) is 12.1. The minimum atomic E-state index is -1.50. The van der Waals surface area contributed by atoms with Crippen molar-refractivity contribution in [3.05, 3.63) is 10.4 Å². The molecule has 212 valence electrons. The molecule has 0 unspecified atom stereocenters. The van der Waals surface area contributed by atoms with Crippen LogP contribution in [0.25, 0.3) is 10.4 Å². The van der Waals surface area contributed by atoms with Crippen LogP contribution in [0.15, 0.2) is 10.1 Å². The van der Waals surface area contributed by atoms with Gasteiger partial charge in [0.1, 0.15) is 48.8 Å². The molecule has 2 saturated heterocycles. The van der Waals surface area contributed by atoms with Crippen molar-refractivity contribution in [3.63, 3.8) is 0 Å². The van der Waals surface area contributed by atoms with E-state index in [1.807, 2.05) is 0 Å². The molecule has 16 heteroatoms. The summed E-state index contributed by atoms with van der Waals surface area (Å²) in [6.07, 6.45) is -10.3. The third-order valence-corrected chi connectivity index (χ3v) is 6.07. The molecular weight excluding hydrogens is 500 g/mol. The summed E-state index contributed by atoms with van der Waals surface area (Å²) in [7, 11) is 0. The molecule has 0 aromatic rings. The number of hydrogen-bond acceptors (Lipinski definition) is 14. The van der Waals surface area contributed by atoms with Gasteiger partial charge in [-0.3, -0.25) is 0 Å². The quantitative estimate of drug-likeness (QED) is 0.0652. The van der Waals surface area contributed by atoms with Crippen molar-refractivity contribution in [2.45, 2.75) is 74.7 Å². The van der Waals surface area contributed by atoms with Crippen molar-refractivity contribution in [3.8, 4) is 0 Å². The van der Waals surface area contributed by atoms with Gasteiger partial charge in [-0.1, -0.05) is 5.11 Å². The van der Waals surface area contributed by atoms with Gasteiger partial charge in [-0.15, -0.1) is 0 Å². The highest BCUT2D eigenvalue weighted by molar-refractivity contribution is 5.75. The summed E-state index contributed by atoms with van der Waals surface area (Å²) in [5.41, 5.74) is 8.18. The van der Waals surface area contributed by atoms with E-state index in [1.54, 1.807) is 6.92 Å². The molecule has 0 spiro atoms. The normalized spacial score (nSPS) is 37.4. The van der Waals surface area contributed by atoms with Gasteiger partial charge in [0.05, 0.1) is 33.0 Å². The van der Waals surface area contributed by atoms with E-state index in [-0.39, 0.29) is 19.8 Å². The third kappa shape index (κ3) is 7.92. The van der Waals surface area contributed by atoms with Crippen LogP contribution in [-0.4, -0.2) is 146 Å². The van der Waals surface area contributed by atoms with Crippen LogP contribution in [0.1, 0.15) is 13.3 Å². The summed E-state index contributed by atoms with van der Waals surface area (Å²) in [5.74, 6) is 0.317. The second-order valence-electron chi connectivity index (χ2n) is 8.65. The average Bonchev–Trinajstić information content (AvgIpc) is 3.27. The smallest absolute Gasteiger partial charge is 0.227 e. The molecule has 10 atom stereocenters. The number of ether oxygens (including phenoxy) is 7. The van der Waals surface area contributed by atoms with Crippen molar-refractivity contribution in [1.29, 1.82) is 0 Å². The average molecular weight is 537 g/mol. The summed E-state index contributed by atoms with van der Waals surface area (Å²) >= 11 is 0. The van der Waals surface area contributed by atoms with Crippen LogP contribution in [0.4, 0.5) is 0 Å². The van der Waals surface area contributed by atoms with E-state index < -0.39 is 74.6 Å². The molecule has 37 heavy (non-hydrogen) atoms. The molecule has 0 amide bonds. The number of rotatable bonds is 15. The van der Waals surface area contributed by atoms with Gasteiger partial charge >= 0.3 is 0 Å². The fourth-order valence-corrected chi connectivity index (χ4v) is 4.24. The molecular formula is C21H36N4O12. The van der Waals surface area contributed by atoms with Crippen LogP contribution in [0.3, 0.4) is 0 Å². The summed E-state index contributed by atoms with van der Waals surface area (Å²) in [6, 6.07) is -0.798. The number of fused-ring (bicyclic) bond motifs is 1. The van der Waals surface area contributed by atoms with E-state index >= 15 is 0 Å². The van der Waals surface area contributed by atoms with E-state index in [2.05, 4.69) is 15.0 Å². The molecule has 16 nitrogen and oxygen atoms in total. The van der Waals surface area contributed by atoms with Crippen LogP contribution in [0.2, 0.25) is 0 Å². The number of hydrogen-bond donors (Lipinski definition) is 5. The maximum absolute atomic E-state index is 10.8. The van der Waals surface area contributed by atoms with Gasteiger partial charge in [0.2, 0.25) is 6.29 Å². The SMILES string of the molecule is CC1=N[C@H]2[C@@H](O1)O[C@H](CO)[C@@H](O[C@@H]1O[C@H](CO)[C@@H](O)[C@H](OCCOCCCOCCN=[N+]=[N-])[C@@H]1O)[C@@H]2O. The Kier molecular flexibility index (Phi) is 12.2. The number of aliphatic imine (C=N–C) groups is 1. The zero-order valence-electron chi connectivity index (χ0n) is 20.5. The molecule has 3 aliphatic rings. The van der Waals surface area contributed by atoms with Gasteiger partial charge in [-0.05, 0) is 12.0 Å². The standard InChI is InChI=1S/C21H36N4O12/c1-11-24-14-16(29)18(13(10-27)36-20(14)34-11)37-21-17(30)19(15(28)12(9-26)35-21)33-8-7-32-5-2-4-31-6-3-23-25-22/h12-21,26-30H,2-10H2,1H3/t12-,13-,14-,15-,16-,17+,18-,19+,20+,21+/m1/s1. The van der Waals surface area contributed by atoms with Crippen LogP contribution in [-0.2, 0) is 33.2 Å². The Balaban J connectivity index is 1.48. The van der Waals surface area contributed by atoms with Crippen molar-refractivity contribution < 1.29 is 58.7 Å². The van der Waals surface area contributed by atoms with Gasteiger partial charge in [-0.2, -0.15) is 0 Å². The highest BCUT2D eigenvalue weighted by Crippen LogP contribution is 2.33. The predicted molar refractivity (Wildman–Crippen MR) is 122 cm³/mol. The van der Waals surface area contributed by atoms with Crippen LogP contribution in [0, 0.1) is 0 Å². The summed E-state index contributed by atoms with van der Waals surface area (Å²) in [5, 5.41) is 55.0. The lowest BCUT2D eigenvalue weighted by molar-refractivity contribution is -0.345. The Morgan fingerprint density at radius 1 is 0.919 bits per heavy atom. The number of aliphatic hydroxyl groups excluding tert-OH is 5. The first-order chi connectivity index (χ1) is 17.9. The Bertz CT molecular complexity index is 772. The molecule has 5 N–H and O–H groups in total. The minimum absolute atomic E-state index is 0.0188. The molecule has 0 aliphatic carbocycles. The molecule has 0 aromatic carbocycles. The van der Waals surface area contributed by atoms with Gasteiger partial charge in [0, 0.05) is 31.6 Å². The first-order valence-electron chi connectivity index (χ1n) is 12.1. The van der Waals surface area contributed by atoms with Gasteiger partial charge < -0.3 is 58.7 Å². The Morgan fingerprint density at radius 3 is 2.35 bits per heavy atom. The van der Waals surface area contributed by atoms with E-state index in [1.165, 1.54) is 0 Å². The van der Waals surface area contributed by atoms with Gasteiger partial charge in [0.25, 0.3) is 0 Å². The predicted octanol–water partition coefficient (Wildman–Crippen LogP) is -2.18. The number of aliphatic hydroxyl groups is 5. The molecule has 3 rings (SSSR count). The zero-order chi connectivity index (χ0) is 26.8. The monoisotopic (exact) mass is 536 g/mol. The van der Waals surface area contributed by atoms with Crippen molar-refractivity contribution in [1.82, 2.24) is 0 Å². The van der Waals surface area contributed by atoms with Crippen LogP contribution >= 0.6 is 0 Å². The van der Waals surface area contributed by atoms with Crippen LogP contribution < -0.4 is 0 Å². The molecule has 0 aromatic heterocycles. The maximum Gasteiger partial charge on any atom is 0.227 e. The summed E-state index contributed by atoms with van der Waals surface area (Å²) in [6.45, 7) is 2.08. The van der Waals surface area contributed by atoms with E-state index in [9.17, 15) is 25.5 Å². The highest BCUT2D eigenvalue weighted by atomic mass is 16.7. The third-order valence-electron chi connectivity index (χ3n) is 6.07. The fraction of sp³-hybridized carbons (Fsp3) is 0.952.